The third-order valence-corrected chi connectivity index (χ3v) is 6.54. The van der Waals surface area contributed by atoms with E-state index in [4.69, 9.17) is 9.47 Å². The van der Waals surface area contributed by atoms with Crippen LogP contribution in [0.3, 0.4) is 0 Å². The van der Waals surface area contributed by atoms with Gasteiger partial charge in [0.15, 0.2) is 6.10 Å². The highest BCUT2D eigenvalue weighted by Gasteiger charge is 2.35. The van der Waals surface area contributed by atoms with Crippen molar-refractivity contribution in [3.05, 3.63) is 54.1 Å². The number of ether oxygens (including phenoxy) is 2. The van der Waals surface area contributed by atoms with E-state index >= 15 is 0 Å². The molecule has 3 rings (SSSR count). The second-order valence-electron chi connectivity index (χ2n) is 8.40. The maximum absolute atomic E-state index is 13.0. The standard InChI is InChI=1S/C23H30N2O5S/c1-6-20(29-17-13-11-16(12-14-17)25(4)31(5,27)28)22(26)24-19-15-23(2,3)30-21-10-8-7-9-18(19)21/h7-14,19-20H,6,15H2,1-5H3,(H,24,26)/t19-,20-/m0/s1. The van der Waals surface area contributed by atoms with Gasteiger partial charge in [-0.1, -0.05) is 25.1 Å². The summed E-state index contributed by atoms with van der Waals surface area (Å²) >= 11 is 0. The van der Waals surface area contributed by atoms with Gasteiger partial charge in [-0.3, -0.25) is 9.10 Å². The molecule has 168 valence electrons. The molecule has 8 heteroatoms. The third-order valence-electron chi connectivity index (χ3n) is 5.33. The first-order valence-electron chi connectivity index (χ1n) is 10.3. The number of nitrogens with one attached hydrogen (secondary N) is 1. The zero-order valence-corrected chi connectivity index (χ0v) is 19.4. The van der Waals surface area contributed by atoms with E-state index in [9.17, 15) is 13.2 Å². The smallest absolute Gasteiger partial charge is 0.261 e. The zero-order valence-electron chi connectivity index (χ0n) is 18.6. The van der Waals surface area contributed by atoms with Crippen molar-refractivity contribution in [2.45, 2.75) is 51.4 Å². The van der Waals surface area contributed by atoms with Crippen molar-refractivity contribution in [1.29, 1.82) is 0 Å². The lowest BCUT2D eigenvalue weighted by Crippen LogP contribution is -2.45. The van der Waals surface area contributed by atoms with Crippen LogP contribution in [-0.4, -0.2) is 39.3 Å². The highest BCUT2D eigenvalue weighted by atomic mass is 32.2. The summed E-state index contributed by atoms with van der Waals surface area (Å²) in [6, 6.07) is 14.2. The van der Waals surface area contributed by atoms with Crippen LogP contribution in [0.15, 0.2) is 48.5 Å². The van der Waals surface area contributed by atoms with Crippen LogP contribution in [-0.2, 0) is 14.8 Å². The molecule has 1 aliphatic rings. The van der Waals surface area contributed by atoms with Gasteiger partial charge in [-0.25, -0.2) is 8.42 Å². The number of carbonyl (C=O) groups is 1. The molecule has 7 nitrogen and oxygen atoms in total. The molecule has 0 saturated carbocycles. The fraction of sp³-hybridized carbons (Fsp3) is 0.435. The summed E-state index contributed by atoms with van der Waals surface area (Å²) in [6.07, 6.45) is 1.62. The summed E-state index contributed by atoms with van der Waals surface area (Å²) in [7, 11) is -1.86. The average molecular weight is 447 g/mol. The van der Waals surface area contributed by atoms with Gasteiger partial charge >= 0.3 is 0 Å². The second kappa shape index (κ2) is 8.78. The number of fused-ring (bicyclic) bond motifs is 1. The first-order valence-corrected chi connectivity index (χ1v) is 12.1. The van der Waals surface area contributed by atoms with Crippen molar-refractivity contribution < 1.29 is 22.7 Å². The number of anilines is 1. The molecule has 1 aliphatic heterocycles. The molecule has 1 N–H and O–H groups in total. The van der Waals surface area contributed by atoms with Gasteiger partial charge in [0.2, 0.25) is 10.0 Å². The first-order chi connectivity index (χ1) is 14.5. The lowest BCUT2D eigenvalue weighted by Gasteiger charge is -2.38. The normalized spacial score (nSPS) is 18.3. The largest absolute Gasteiger partial charge is 0.487 e. The molecule has 0 spiro atoms. The molecule has 0 fully saturated rings. The lowest BCUT2D eigenvalue weighted by molar-refractivity contribution is -0.129. The maximum Gasteiger partial charge on any atom is 0.261 e. The van der Waals surface area contributed by atoms with Gasteiger partial charge in [-0.15, -0.1) is 0 Å². The first kappa shape index (κ1) is 22.9. The molecular weight excluding hydrogens is 416 g/mol. The molecule has 2 atom stereocenters. The summed E-state index contributed by atoms with van der Waals surface area (Å²) in [5.74, 6) is 1.08. The summed E-state index contributed by atoms with van der Waals surface area (Å²) < 4.78 is 36.5. The number of carbonyl (C=O) groups excluding carboxylic acids is 1. The highest BCUT2D eigenvalue weighted by Crippen LogP contribution is 2.39. The lowest BCUT2D eigenvalue weighted by atomic mass is 9.89. The predicted molar refractivity (Wildman–Crippen MR) is 121 cm³/mol. The number of benzene rings is 2. The minimum atomic E-state index is -3.34. The number of para-hydroxylation sites is 1. The Morgan fingerprint density at radius 2 is 1.87 bits per heavy atom. The minimum Gasteiger partial charge on any atom is -0.487 e. The fourth-order valence-electron chi connectivity index (χ4n) is 3.61. The molecule has 0 radical (unpaired) electrons. The Labute approximate surface area is 184 Å². The maximum atomic E-state index is 13.0. The van der Waals surface area contributed by atoms with Gasteiger partial charge < -0.3 is 14.8 Å². The molecule has 0 unspecified atom stereocenters. The Kier molecular flexibility index (Phi) is 6.50. The van der Waals surface area contributed by atoms with Crippen LogP contribution in [0.25, 0.3) is 0 Å². The van der Waals surface area contributed by atoms with Gasteiger partial charge in [0.1, 0.15) is 17.1 Å². The van der Waals surface area contributed by atoms with Crippen molar-refractivity contribution in [2.24, 2.45) is 0 Å². The molecular formula is C23H30N2O5S. The molecule has 2 aromatic carbocycles. The van der Waals surface area contributed by atoms with Crippen LogP contribution in [0.2, 0.25) is 0 Å². The Hall–Kier alpha value is -2.74. The number of sulfonamides is 1. The van der Waals surface area contributed by atoms with Crippen molar-refractivity contribution in [2.75, 3.05) is 17.6 Å². The molecule has 0 aromatic heterocycles. The van der Waals surface area contributed by atoms with E-state index in [2.05, 4.69) is 5.32 Å². The Morgan fingerprint density at radius 3 is 2.48 bits per heavy atom. The molecule has 1 heterocycles. The van der Waals surface area contributed by atoms with E-state index in [1.807, 2.05) is 45.0 Å². The second-order valence-corrected chi connectivity index (χ2v) is 10.4. The number of hydrogen-bond acceptors (Lipinski definition) is 5. The van der Waals surface area contributed by atoms with Crippen LogP contribution in [0.5, 0.6) is 11.5 Å². The third kappa shape index (κ3) is 5.50. The average Bonchev–Trinajstić information content (AvgIpc) is 2.70. The number of hydrogen-bond donors (Lipinski definition) is 1. The summed E-state index contributed by atoms with van der Waals surface area (Å²) in [5, 5.41) is 3.12. The molecule has 0 aliphatic carbocycles. The van der Waals surface area contributed by atoms with E-state index < -0.39 is 21.7 Å². The quantitative estimate of drug-likeness (QED) is 0.702. The summed E-state index contributed by atoms with van der Waals surface area (Å²) in [5.41, 5.74) is 1.09. The predicted octanol–water partition coefficient (Wildman–Crippen LogP) is 3.66. The van der Waals surface area contributed by atoms with E-state index in [1.54, 1.807) is 24.3 Å². The SMILES string of the molecule is CC[C@H](Oc1ccc(N(C)S(C)(=O)=O)cc1)C(=O)N[C@H]1CC(C)(C)Oc2ccccc21. The number of nitrogens with zero attached hydrogens (tertiary/aromatic N) is 1. The van der Waals surface area contributed by atoms with Crippen LogP contribution in [0.1, 0.15) is 45.2 Å². The van der Waals surface area contributed by atoms with Crippen molar-refractivity contribution in [3.63, 3.8) is 0 Å². The fourth-order valence-corrected chi connectivity index (χ4v) is 4.11. The van der Waals surface area contributed by atoms with E-state index in [1.165, 1.54) is 11.4 Å². The Morgan fingerprint density at radius 1 is 1.23 bits per heavy atom. The summed E-state index contributed by atoms with van der Waals surface area (Å²) in [4.78, 5) is 13.0. The van der Waals surface area contributed by atoms with Gasteiger partial charge in [-0.05, 0) is 50.6 Å². The number of amides is 1. The molecule has 2 aromatic rings. The molecule has 0 saturated heterocycles. The minimum absolute atomic E-state index is 0.170. The number of rotatable bonds is 7. The van der Waals surface area contributed by atoms with E-state index in [-0.39, 0.29) is 11.9 Å². The Balaban J connectivity index is 1.71. The molecule has 31 heavy (non-hydrogen) atoms. The Bertz CT molecular complexity index is 1030. The molecule has 1 amide bonds. The van der Waals surface area contributed by atoms with Crippen LogP contribution >= 0.6 is 0 Å². The van der Waals surface area contributed by atoms with Crippen molar-refractivity contribution in [3.8, 4) is 11.5 Å². The highest BCUT2D eigenvalue weighted by molar-refractivity contribution is 7.92. The van der Waals surface area contributed by atoms with Gasteiger partial charge in [0.25, 0.3) is 5.91 Å². The van der Waals surface area contributed by atoms with E-state index in [0.717, 1.165) is 17.6 Å². The van der Waals surface area contributed by atoms with Crippen LogP contribution in [0.4, 0.5) is 5.69 Å². The van der Waals surface area contributed by atoms with Gasteiger partial charge in [-0.2, -0.15) is 0 Å². The monoisotopic (exact) mass is 446 g/mol. The summed E-state index contributed by atoms with van der Waals surface area (Å²) in [6.45, 7) is 5.90. The van der Waals surface area contributed by atoms with Crippen LogP contribution < -0.4 is 19.1 Å². The van der Waals surface area contributed by atoms with Gasteiger partial charge in [0.05, 0.1) is 18.0 Å². The zero-order chi connectivity index (χ0) is 22.8. The van der Waals surface area contributed by atoms with Gasteiger partial charge in [0, 0.05) is 19.0 Å². The van der Waals surface area contributed by atoms with Crippen molar-refractivity contribution >= 4 is 21.6 Å². The topological polar surface area (TPSA) is 84.9 Å². The molecule has 0 bridgehead atoms. The van der Waals surface area contributed by atoms with E-state index in [0.29, 0.717) is 24.3 Å². The van der Waals surface area contributed by atoms with Crippen molar-refractivity contribution in [1.82, 2.24) is 5.32 Å². The van der Waals surface area contributed by atoms with Crippen LogP contribution in [0, 0.1) is 0 Å².